The van der Waals surface area contributed by atoms with Gasteiger partial charge in [-0.1, -0.05) is 25.9 Å². The molecule has 120 valence electrons. The van der Waals surface area contributed by atoms with Crippen LogP contribution in [0, 0.1) is 12.3 Å². The molecule has 0 amide bonds. The first-order valence-corrected chi connectivity index (χ1v) is 7.54. The lowest BCUT2D eigenvalue weighted by Crippen LogP contribution is -2.29. The Kier molecular flexibility index (Phi) is 6.40. The van der Waals surface area contributed by atoms with Crippen molar-refractivity contribution in [3.63, 3.8) is 0 Å². The second-order valence-electron chi connectivity index (χ2n) is 6.62. The third-order valence-electron chi connectivity index (χ3n) is 3.36. The van der Waals surface area contributed by atoms with E-state index in [1.165, 1.54) is 0 Å². The molecule has 0 radical (unpaired) electrons. The Morgan fingerprint density at radius 3 is 2.62 bits per heavy atom. The molecule has 0 spiro atoms. The van der Waals surface area contributed by atoms with E-state index in [0.717, 1.165) is 19.4 Å². The maximum absolute atomic E-state index is 12.3. The fraction of sp³-hybridized carbons (Fsp3) is 0.750. The van der Waals surface area contributed by atoms with E-state index in [9.17, 15) is 4.79 Å². The molecule has 0 bridgehead atoms. The molecule has 1 rings (SSSR count). The molecule has 0 N–H and O–H groups in total. The zero-order valence-corrected chi connectivity index (χ0v) is 14.2. The van der Waals surface area contributed by atoms with Crippen LogP contribution in [0.5, 0.6) is 5.95 Å². The number of carbonyl (C=O) groups excluding carboxylic acids is 1. The van der Waals surface area contributed by atoms with E-state index < -0.39 is 0 Å². The standard InChI is InChI=1S/C16H28N2O3/c1-7-10-20-15-12(2)14(17-21-15)13(19)8-9-16(3,4)11-18(5)6/h7-11H2,1-6H3. The van der Waals surface area contributed by atoms with Crippen molar-refractivity contribution in [2.24, 2.45) is 5.41 Å². The summed E-state index contributed by atoms with van der Waals surface area (Å²) >= 11 is 0. The molecule has 21 heavy (non-hydrogen) atoms. The van der Waals surface area contributed by atoms with E-state index in [4.69, 9.17) is 9.26 Å². The van der Waals surface area contributed by atoms with Gasteiger partial charge in [0.15, 0.2) is 11.5 Å². The average molecular weight is 296 g/mol. The summed E-state index contributed by atoms with van der Waals surface area (Å²) in [5.74, 6) is 0.391. The summed E-state index contributed by atoms with van der Waals surface area (Å²) < 4.78 is 10.5. The molecule has 0 saturated heterocycles. The van der Waals surface area contributed by atoms with Gasteiger partial charge in [-0.25, -0.2) is 0 Å². The normalized spacial score (nSPS) is 12.0. The molecule has 0 aliphatic carbocycles. The van der Waals surface area contributed by atoms with Crippen LogP contribution in [0.2, 0.25) is 0 Å². The molecule has 0 fully saturated rings. The largest absolute Gasteiger partial charge is 0.464 e. The number of hydrogen-bond acceptors (Lipinski definition) is 5. The number of ketones is 1. The predicted molar refractivity (Wildman–Crippen MR) is 82.9 cm³/mol. The molecule has 0 aliphatic rings. The van der Waals surface area contributed by atoms with Gasteiger partial charge in [0.1, 0.15) is 0 Å². The van der Waals surface area contributed by atoms with E-state index in [-0.39, 0.29) is 11.2 Å². The van der Waals surface area contributed by atoms with Crippen molar-refractivity contribution in [1.82, 2.24) is 10.1 Å². The van der Waals surface area contributed by atoms with Crippen LogP contribution < -0.4 is 4.74 Å². The predicted octanol–water partition coefficient (Wildman–Crippen LogP) is 3.32. The first kappa shape index (κ1) is 17.7. The summed E-state index contributed by atoms with van der Waals surface area (Å²) in [5.41, 5.74) is 1.21. The minimum atomic E-state index is 0.0226. The highest BCUT2D eigenvalue weighted by molar-refractivity contribution is 5.95. The lowest BCUT2D eigenvalue weighted by Gasteiger charge is -2.27. The SMILES string of the molecule is CCCOc1onc(C(=O)CCC(C)(C)CN(C)C)c1C. The van der Waals surface area contributed by atoms with Gasteiger partial charge in [0.25, 0.3) is 0 Å². The molecule has 0 aliphatic heterocycles. The third kappa shape index (κ3) is 5.50. The molecular weight excluding hydrogens is 268 g/mol. The van der Waals surface area contributed by atoms with Crippen molar-refractivity contribution in [3.8, 4) is 5.95 Å². The Labute approximate surface area is 127 Å². The fourth-order valence-corrected chi connectivity index (χ4v) is 2.42. The summed E-state index contributed by atoms with van der Waals surface area (Å²) in [6.07, 6.45) is 2.19. The van der Waals surface area contributed by atoms with Gasteiger partial charge >= 0.3 is 5.95 Å². The van der Waals surface area contributed by atoms with Crippen molar-refractivity contribution in [2.45, 2.75) is 47.0 Å². The summed E-state index contributed by atoms with van der Waals surface area (Å²) in [6, 6.07) is 0. The van der Waals surface area contributed by atoms with Crippen LogP contribution >= 0.6 is 0 Å². The van der Waals surface area contributed by atoms with Gasteiger partial charge < -0.3 is 14.2 Å². The first-order valence-electron chi connectivity index (χ1n) is 7.54. The van der Waals surface area contributed by atoms with E-state index in [2.05, 4.69) is 23.9 Å². The van der Waals surface area contributed by atoms with E-state index in [1.54, 1.807) is 0 Å². The minimum absolute atomic E-state index is 0.0226. The van der Waals surface area contributed by atoms with Gasteiger partial charge in [-0.2, -0.15) is 0 Å². The quantitative estimate of drug-likeness (QED) is 0.654. The number of carbonyl (C=O) groups is 1. The number of ether oxygens (including phenoxy) is 1. The van der Waals surface area contributed by atoms with Gasteiger partial charge in [-0.3, -0.25) is 4.79 Å². The van der Waals surface area contributed by atoms with Gasteiger partial charge in [0, 0.05) is 13.0 Å². The Morgan fingerprint density at radius 2 is 2.05 bits per heavy atom. The Balaban J connectivity index is 2.62. The van der Waals surface area contributed by atoms with Gasteiger partial charge in [-0.05, 0) is 39.3 Å². The molecular formula is C16H28N2O3. The van der Waals surface area contributed by atoms with Gasteiger partial charge in [0.05, 0.1) is 12.2 Å². The molecule has 1 heterocycles. The van der Waals surface area contributed by atoms with Crippen LogP contribution in [0.3, 0.4) is 0 Å². The third-order valence-corrected chi connectivity index (χ3v) is 3.36. The van der Waals surface area contributed by atoms with Crippen LogP contribution in [-0.4, -0.2) is 43.1 Å². The summed E-state index contributed by atoms with van der Waals surface area (Å²) in [5, 5.41) is 3.87. The minimum Gasteiger partial charge on any atom is -0.464 e. The second-order valence-corrected chi connectivity index (χ2v) is 6.62. The number of nitrogens with zero attached hydrogens (tertiary/aromatic N) is 2. The van der Waals surface area contributed by atoms with Crippen LogP contribution in [0.15, 0.2) is 4.52 Å². The van der Waals surface area contributed by atoms with E-state index in [0.29, 0.717) is 30.2 Å². The smallest absolute Gasteiger partial charge is 0.314 e. The van der Waals surface area contributed by atoms with E-state index in [1.807, 2.05) is 27.9 Å². The van der Waals surface area contributed by atoms with Gasteiger partial charge in [-0.15, -0.1) is 0 Å². The van der Waals surface area contributed by atoms with Crippen molar-refractivity contribution in [2.75, 3.05) is 27.2 Å². The number of rotatable bonds is 9. The second kappa shape index (κ2) is 7.59. The maximum Gasteiger partial charge on any atom is 0.314 e. The number of Topliss-reactive ketones (excluding diaryl/α,β-unsaturated/α-hetero) is 1. The summed E-state index contributed by atoms with van der Waals surface area (Å²) in [7, 11) is 4.09. The Hall–Kier alpha value is -1.36. The molecule has 0 atom stereocenters. The van der Waals surface area contributed by atoms with Gasteiger partial charge in [0.2, 0.25) is 0 Å². The van der Waals surface area contributed by atoms with Crippen LogP contribution in [0.4, 0.5) is 0 Å². The topological polar surface area (TPSA) is 55.6 Å². The van der Waals surface area contributed by atoms with Crippen molar-refractivity contribution in [3.05, 3.63) is 11.3 Å². The maximum atomic E-state index is 12.3. The lowest BCUT2D eigenvalue weighted by atomic mass is 9.86. The number of hydrogen-bond donors (Lipinski definition) is 0. The first-order chi connectivity index (χ1) is 9.76. The highest BCUT2D eigenvalue weighted by Crippen LogP contribution is 2.27. The van der Waals surface area contributed by atoms with Crippen molar-refractivity contribution in [1.29, 1.82) is 0 Å². The van der Waals surface area contributed by atoms with E-state index >= 15 is 0 Å². The van der Waals surface area contributed by atoms with Crippen LogP contribution in [0.1, 0.15) is 56.1 Å². The zero-order valence-electron chi connectivity index (χ0n) is 14.2. The monoisotopic (exact) mass is 296 g/mol. The number of aromatic nitrogens is 1. The lowest BCUT2D eigenvalue weighted by molar-refractivity contribution is 0.0945. The summed E-state index contributed by atoms with van der Waals surface area (Å²) in [6.45, 7) is 9.70. The Bertz CT molecular complexity index is 464. The molecule has 5 heteroatoms. The molecule has 0 unspecified atom stereocenters. The summed E-state index contributed by atoms with van der Waals surface area (Å²) in [4.78, 5) is 14.4. The van der Waals surface area contributed by atoms with Crippen molar-refractivity contribution >= 4 is 5.78 Å². The highest BCUT2D eigenvalue weighted by Gasteiger charge is 2.24. The molecule has 0 aromatic carbocycles. The molecule has 5 nitrogen and oxygen atoms in total. The van der Waals surface area contributed by atoms with Crippen LogP contribution in [0.25, 0.3) is 0 Å². The highest BCUT2D eigenvalue weighted by atomic mass is 16.6. The molecule has 1 aromatic heterocycles. The molecule has 0 saturated carbocycles. The van der Waals surface area contributed by atoms with Crippen molar-refractivity contribution < 1.29 is 14.1 Å². The molecule has 1 aromatic rings. The zero-order chi connectivity index (χ0) is 16.0. The Morgan fingerprint density at radius 1 is 1.38 bits per heavy atom. The fourth-order valence-electron chi connectivity index (χ4n) is 2.42. The van der Waals surface area contributed by atoms with Crippen LogP contribution in [-0.2, 0) is 0 Å². The average Bonchev–Trinajstić information content (AvgIpc) is 2.73.